The zero-order chi connectivity index (χ0) is 12.8. The zero-order valence-corrected chi connectivity index (χ0v) is 10.3. The van der Waals surface area contributed by atoms with Gasteiger partial charge in [-0.2, -0.15) is 0 Å². The summed E-state index contributed by atoms with van der Waals surface area (Å²) in [6, 6.07) is 1.69. The highest BCUT2D eigenvalue weighted by Crippen LogP contribution is 2.17. The monoisotopic (exact) mass is 256 g/mol. The van der Waals surface area contributed by atoms with Crippen molar-refractivity contribution < 1.29 is 19.4 Å². The van der Waals surface area contributed by atoms with E-state index in [-0.39, 0.29) is 12.2 Å². The lowest BCUT2D eigenvalue weighted by Gasteiger charge is -2.03. The number of aliphatic carboxylic acids is 1. The Labute approximate surface area is 102 Å². The average molecular weight is 256 g/mol. The summed E-state index contributed by atoms with van der Waals surface area (Å²) < 4.78 is 4.52. The number of aryl methyl sites for hydroxylation is 1. The molecule has 6 nitrogen and oxygen atoms in total. The van der Waals surface area contributed by atoms with Crippen LogP contribution >= 0.6 is 11.8 Å². The minimum atomic E-state index is -0.864. The molecule has 0 amide bonds. The van der Waals surface area contributed by atoms with E-state index >= 15 is 0 Å². The number of carboxylic acids is 1. The number of carboxylic acid groups (broad SMARTS) is 1. The van der Waals surface area contributed by atoms with E-state index < -0.39 is 11.9 Å². The molecule has 0 saturated carbocycles. The van der Waals surface area contributed by atoms with Gasteiger partial charge in [0, 0.05) is 11.4 Å². The van der Waals surface area contributed by atoms with Gasteiger partial charge in [-0.25, -0.2) is 14.8 Å². The molecular weight excluding hydrogens is 244 g/mol. The summed E-state index contributed by atoms with van der Waals surface area (Å²) in [5.74, 6) is -1.08. The van der Waals surface area contributed by atoms with Gasteiger partial charge in [0.2, 0.25) is 5.82 Å². The molecule has 0 fully saturated rings. The minimum absolute atomic E-state index is 0.00896. The molecule has 0 aliphatic rings. The Morgan fingerprint density at radius 3 is 2.76 bits per heavy atom. The first-order chi connectivity index (χ1) is 8.02. The van der Waals surface area contributed by atoms with Gasteiger partial charge in [0.05, 0.1) is 13.5 Å². The van der Waals surface area contributed by atoms with Crippen molar-refractivity contribution >= 4 is 23.7 Å². The highest BCUT2D eigenvalue weighted by Gasteiger charge is 2.11. The van der Waals surface area contributed by atoms with Gasteiger partial charge in [-0.3, -0.25) is 4.79 Å². The van der Waals surface area contributed by atoms with E-state index in [1.807, 2.05) is 0 Å². The molecule has 1 aromatic rings. The van der Waals surface area contributed by atoms with E-state index in [4.69, 9.17) is 5.11 Å². The van der Waals surface area contributed by atoms with E-state index in [2.05, 4.69) is 14.7 Å². The molecule has 0 atom stereocenters. The molecular formula is C10H12N2O4S. The molecule has 0 unspecified atom stereocenters. The summed E-state index contributed by atoms with van der Waals surface area (Å²) in [5, 5.41) is 9.08. The van der Waals surface area contributed by atoms with Gasteiger partial charge < -0.3 is 9.84 Å². The quantitative estimate of drug-likeness (QED) is 0.480. The second-order valence-corrected chi connectivity index (χ2v) is 4.27. The van der Waals surface area contributed by atoms with Crippen molar-refractivity contribution in [3.05, 3.63) is 17.6 Å². The fourth-order valence-electron chi connectivity index (χ4n) is 1.04. The number of esters is 1. The van der Waals surface area contributed by atoms with Crippen molar-refractivity contribution in [2.45, 2.75) is 18.4 Å². The normalized spacial score (nSPS) is 10.0. The SMILES string of the molecule is COC(=O)c1nc(C)cc(SCCC(=O)O)n1. The summed E-state index contributed by atoms with van der Waals surface area (Å²) in [5.41, 5.74) is 0.637. The zero-order valence-electron chi connectivity index (χ0n) is 9.47. The van der Waals surface area contributed by atoms with Gasteiger partial charge in [-0.15, -0.1) is 11.8 Å². The molecule has 1 N–H and O–H groups in total. The van der Waals surface area contributed by atoms with E-state index in [9.17, 15) is 9.59 Å². The third-order valence-electron chi connectivity index (χ3n) is 1.76. The van der Waals surface area contributed by atoms with Crippen LogP contribution < -0.4 is 0 Å². The van der Waals surface area contributed by atoms with Crippen LogP contribution in [0.2, 0.25) is 0 Å². The van der Waals surface area contributed by atoms with Gasteiger partial charge in [-0.05, 0) is 13.0 Å². The van der Waals surface area contributed by atoms with E-state index in [0.717, 1.165) is 0 Å². The molecule has 1 heterocycles. The molecule has 7 heteroatoms. The first-order valence-electron chi connectivity index (χ1n) is 4.81. The fourth-order valence-corrected chi connectivity index (χ4v) is 1.93. The maximum absolute atomic E-state index is 11.2. The molecule has 17 heavy (non-hydrogen) atoms. The second-order valence-electron chi connectivity index (χ2n) is 3.15. The predicted octanol–water partition coefficient (Wildman–Crippen LogP) is 1.14. The lowest BCUT2D eigenvalue weighted by atomic mass is 10.4. The standard InChI is InChI=1S/C10H12N2O4S/c1-6-5-7(17-4-3-8(13)14)12-9(11-6)10(15)16-2/h5H,3-4H2,1-2H3,(H,13,14). The van der Waals surface area contributed by atoms with Crippen molar-refractivity contribution in [2.24, 2.45) is 0 Å². The molecule has 1 aromatic heterocycles. The summed E-state index contributed by atoms with van der Waals surface area (Å²) in [6.07, 6.45) is 0.0429. The number of carbonyl (C=O) groups excluding carboxylic acids is 1. The van der Waals surface area contributed by atoms with Crippen LogP contribution in [0.25, 0.3) is 0 Å². The lowest BCUT2D eigenvalue weighted by molar-refractivity contribution is -0.136. The lowest BCUT2D eigenvalue weighted by Crippen LogP contribution is -2.09. The third-order valence-corrected chi connectivity index (χ3v) is 2.68. The topological polar surface area (TPSA) is 89.4 Å². The summed E-state index contributed by atoms with van der Waals surface area (Å²) in [4.78, 5) is 29.5. The molecule has 0 saturated heterocycles. The van der Waals surface area contributed by atoms with Gasteiger partial charge >= 0.3 is 11.9 Å². The van der Waals surface area contributed by atoms with Crippen LogP contribution in [-0.4, -0.2) is 39.9 Å². The Kier molecular flexibility index (Phi) is 4.89. The van der Waals surface area contributed by atoms with Gasteiger partial charge in [-0.1, -0.05) is 0 Å². The van der Waals surface area contributed by atoms with Crippen LogP contribution in [0.1, 0.15) is 22.7 Å². The van der Waals surface area contributed by atoms with Crippen LogP contribution in [0.4, 0.5) is 0 Å². The Morgan fingerprint density at radius 1 is 1.47 bits per heavy atom. The first-order valence-corrected chi connectivity index (χ1v) is 5.80. The Balaban J connectivity index is 2.75. The highest BCUT2D eigenvalue weighted by molar-refractivity contribution is 7.99. The maximum atomic E-state index is 11.2. The predicted molar refractivity (Wildman–Crippen MR) is 61.1 cm³/mol. The number of aromatic nitrogens is 2. The van der Waals surface area contributed by atoms with Crippen molar-refractivity contribution in [2.75, 3.05) is 12.9 Å². The molecule has 1 rings (SSSR count). The first kappa shape index (κ1) is 13.4. The third kappa shape index (κ3) is 4.39. The number of nitrogens with zero attached hydrogens (tertiary/aromatic N) is 2. The molecule has 92 valence electrons. The summed E-state index contributed by atoms with van der Waals surface area (Å²) in [7, 11) is 1.26. The van der Waals surface area contributed by atoms with Crippen LogP contribution in [0.15, 0.2) is 11.1 Å². The van der Waals surface area contributed by atoms with Gasteiger partial charge in [0.1, 0.15) is 5.03 Å². The molecule has 0 radical (unpaired) electrons. The van der Waals surface area contributed by atoms with E-state index in [1.54, 1.807) is 13.0 Å². The summed E-state index contributed by atoms with van der Waals surface area (Å²) >= 11 is 1.27. The van der Waals surface area contributed by atoms with Gasteiger partial charge in [0.15, 0.2) is 0 Å². The number of hydrogen-bond donors (Lipinski definition) is 1. The van der Waals surface area contributed by atoms with Crippen LogP contribution in [0.5, 0.6) is 0 Å². The number of hydrogen-bond acceptors (Lipinski definition) is 6. The Hall–Kier alpha value is -1.63. The van der Waals surface area contributed by atoms with Crippen molar-refractivity contribution in [3.8, 4) is 0 Å². The number of ether oxygens (including phenoxy) is 1. The number of carbonyl (C=O) groups is 2. The molecule has 0 aliphatic heterocycles. The van der Waals surface area contributed by atoms with Gasteiger partial charge in [0.25, 0.3) is 0 Å². The van der Waals surface area contributed by atoms with Crippen molar-refractivity contribution in [1.29, 1.82) is 0 Å². The molecule has 0 spiro atoms. The van der Waals surface area contributed by atoms with Crippen molar-refractivity contribution in [1.82, 2.24) is 9.97 Å². The number of methoxy groups -OCH3 is 1. The number of thioether (sulfide) groups is 1. The van der Waals surface area contributed by atoms with E-state index in [0.29, 0.717) is 16.5 Å². The van der Waals surface area contributed by atoms with Crippen LogP contribution in [-0.2, 0) is 9.53 Å². The van der Waals surface area contributed by atoms with Crippen LogP contribution in [0, 0.1) is 6.92 Å². The largest absolute Gasteiger partial charge is 0.481 e. The second kappa shape index (κ2) is 6.19. The Morgan fingerprint density at radius 2 is 2.18 bits per heavy atom. The minimum Gasteiger partial charge on any atom is -0.481 e. The smallest absolute Gasteiger partial charge is 0.376 e. The average Bonchev–Trinajstić information content (AvgIpc) is 2.26. The maximum Gasteiger partial charge on any atom is 0.376 e. The summed E-state index contributed by atoms with van der Waals surface area (Å²) in [6.45, 7) is 1.73. The Bertz CT molecular complexity index is 436. The fraction of sp³-hybridized carbons (Fsp3) is 0.400. The molecule has 0 bridgehead atoms. The van der Waals surface area contributed by atoms with E-state index in [1.165, 1.54) is 18.9 Å². The molecule has 0 aromatic carbocycles. The number of rotatable bonds is 5. The highest BCUT2D eigenvalue weighted by atomic mass is 32.2. The molecule has 0 aliphatic carbocycles. The van der Waals surface area contributed by atoms with Crippen molar-refractivity contribution in [3.63, 3.8) is 0 Å². The van der Waals surface area contributed by atoms with Crippen LogP contribution in [0.3, 0.4) is 0 Å².